The average Bonchev–Trinajstić information content (AvgIpc) is 2.19. The summed E-state index contributed by atoms with van der Waals surface area (Å²) >= 11 is 0. The lowest BCUT2D eigenvalue weighted by molar-refractivity contribution is -0.148. The number of carbonyl (C=O) groups excluding carboxylic acids is 2. The fourth-order valence-electron chi connectivity index (χ4n) is 1.85. The zero-order valence-electron chi connectivity index (χ0n) is 10.8. The first kappa shape index (κ1) is 13.0. The van der Waals surface area contributed by atoms with Gasteiger partial charge < -0.3 is 10.2 Å². The minimum Gasteiger partial charge on any atom is -0.343 e. The third kappa shape index (κ3) is 2.54. The zero-order chi connectivity index (χ0) is 12.5. The molecular weight excluding hydrogens is 204 g/mol. The summed E-state index contributed by atoms with van der Waals surface area (Å²) in [6.07, 6.45) is 0. The quantitative estimate of drug-likeness (QED) is 0.781. The van der Waals surface area contributed by atoms with E-state index in [1.807, 2.05) is 20.8 Å². The molecule has 16 heavy (non-hydrogen) atoms. The van der Waals surface area contributed by atoms with E-state index in [0.717, 1.165) is 0 Å². The molecule has 0 bridgehead atoms. The Balaban J connectivity index is 2.85. The highest BCUT2D eigenvalue weighted by Crippen LogP contribution is 2.17. The topological polar surface area (TPSA) is 49.4 Å². The maximum atomic E-state index is 12.2. The summed E-state index contributed by atoms with van der Waals surface area (Å²) in [4.78, 5) is 25.4. The molecule has 1 aliphatic rings. The summed E-state index contributed by atoms with van der Waals surface area (Å²) in [7, 11) is 0. The molecule has 0 saturated carbocycles. The van der Waals surface area contributed by atoms with Gasteiger partial charge >= 0.3 is 0 Å². The molecule has 1 saturated heterocycles. The number of amides is 2. The Hall–Kier alpha value is -1.06. The standard InChI is InChI=1S/C12H22N2O2/c1-7(2)9(5)14-6-10(15)13-11(8(3)4)12(14)16/h7-9,11H,6H2,1-5H3,(H,13,15). The maximum absolute atomic E-state index is 12.2. The number of nitrogens with one attached hydrogen (secondary N) is 1. The predicted octanol–water partition coefficient (Wildman–Crippen LogP) is 1.01. The summed E-state index contributed by atoms with van der Waals surface area (Å²) in [6, 6.07) is -0.248. The number of hydrogen-bond donors (Lipinski definition) is 1. The van der Waals surface area contributed by atoms with Crippen molar-refractivity contribution in [3.8, 4) is 0 Å². The molecule has 1 fully saturated rings. The van der Waals surface area contributed by atoms with E-state index in [2.05, 4.69) is 19.2 Å². The van der Waals surface area contributed by atoms with Crippen LogP contribution < -0.4 is 5.32 Å². The van der Waals surface area contributed by atoms with Crippen molar-refractivity contribution in [1.29, 1.82) is 0 Å². The van der Waals surface area contributed by atoms with Crippen LogP contribution in [0.15, 0.2) is 0 Å². The van der Waals surface area contributed by atoms with Gasteiger partial charge in [-0.25, -0.2) is 0 Å². The first-order valence-corrected chi connectivity index (χ1v) is 5.94. The van der Waals surface area contributed by atoms with Crippen molar-refractivity contribution >= 4 is 11.8 Å². The second kappa shape index (κ2) is 4.85. The van der Waals surface area contributed by atoms with Crippen LogP contribution in [0.3, 0.4) is 0 Å². The van der Waals surface area contributed by atoms with E-state index in [9.17, 15) is 9.59 Å². The molecule has 0 aromatic rings. The summed E-state index contributed by atoms with van der Waals surface area (Å²) in [5.41, 5.74) is 0. The molecule has 4 heteroatoms. The van der Waals surface area contributed by atoms with E-state index >= 15 is 0 Å². The lowest BCUT2D eigenvalue weighted by atomic mass is 9.97. The molecular formula is C12H22N2O2. The molecule has 0 radical (unpaired) electrons. The number of hydrogen-bond acceptors (Lipinski definition) is 2. The number of rotatable bonds is 3. The first-order valence-electron chi connectivity index (χ1n) is 5.94. The van der Waals surface area contributed by atoms with Crippen molar-refractivity contribution in [2.24, 2.45) is 11.8 Å². The summed E-state index contributed by atoms with van der Waals surface area (Å²) in [5, 5.41) is 2.76. The smallest absolute Gasteiger partial charge is 0.246 e. The molecule has 2 unspecified atom stereocenters. The molecule has 1 rings (SSSR count). The molecule has 92 valence electrons. The molecule has 0 aliphatic carbocycles. The molecule has 1 N–H and O–H groups in total. The van der Waals surface area contributed by atoms with Crippen LogP contribution in [0.1, 0.15) is 34.6 Å². The molecule has 2 amide bonds. The Labute approximate surface area is 97.4 Å². The Morgan fingerprint density at radius 2 is 1.75 bits per heavy atom. The van der Waals surface area contributed by atoms with Gasteiger partial charge in [0.2, 0.25) is 11.8 Å². The third-order valence-corrected chi connectivity index (χ3v) is 3.30. The SMILES string of the molecule is CC(C)C1NC(=O)CN(C(C)C(C)C)C1=O. The molecule has 2 atom stereocenters. The lowest BCUT2D eigenvalue weighted by Gasteiger charge is -2.39. The van der Waals surface area contributed by atoms with E-state index in [1.54, 1.807) is 4.90 Å². The van der Waals surface area contributed by atoms with E-state index in [-0.39, 0.29) is 36.4 Å². The highest BCUT2D eigenvalue weighted by Gasteiger charge is 2.37. The highest BCUT2D eigenvalue weighted by molar-refractivity contribution is 5.95. The molecule has 0 aromatic heterocycles. The number of piperazine rings is 1. The largest absolute Gasteiger partial charge is 0.343 e. The van der Waals surface area contributed by atoms with Gasteiger partial charge in [0.25, 0.3) is 0 Å². The molecule has 0 aromatic carbocycles. The normalized spacial score (nSPS) is 23.9. The van der Waals surface area contributed by atoms with Crippen molar-refractivity contribution in [2.75, 3.05) is 6.54 Å². The maximum Gasteiger partial charge on any atom is 0.246 e. The molecule has 4 nitrogen and oxygen atoms in total. The van der Waals surface area contributed by atoms with Crippen LogP contribution in [0.5, 0.6) is 0 Å². The molecule has 1 heterocycles. The van der Waals surface area contributed by atoms with E-state index in [4.69, 9.17) is 0 Å². The van der Waals surface area contributed by atoms with Crippen LogP contribution in [0.4, 0.5) is 0 Å². The highest BCUT2D eigenvalue weighted by atomic mass is 16.2. The van der Waals surface area contributed by atoms with Crippen molar-refractivity contribution in [1.82, 2.24) is 10.2 Å². The van der Waals surface area contributed by atoms with Gasteiger partial charge in [-0.2, -0.15) is 0 Å². The monoisotopic (exact) mass is 226 g/mol. The van der Waals surface area contributed by atoms with Gasteiger partial charge in [0, 0.05) is 6.04 Å². The Morgan fingerprint density at radius 3 is 2.19 bits per heavy atom. The van der Waals surface area contributed by atoms with Crippen LogP contribution in [-0.4, -0.2) is 35.3 Å². The number of carbonyl (C=O) groups is 2. The average molecular weight is 226 g/mol. The van der Waals surface area contributed by atoms with Gasteiger partial charge in [-0.1, -0.05) is 27.7 Å². The molecule has 1 aliphatic heterocycles. The van der Waals surface area contributed by atoms with Crippen molar-refractivity contribution < 1.29 is 9.59 Å². The van der Waals surface area contributed by atoms with Crippen LogP contribution in [0.2, 0.25) is 0 Å². The fraction of sp³-hybridized carbons (Fsp3) is 0.833. The lowest BCUT2D eigenvalue weighted by Crippen LogP contribution is -2.62. The minimum absolute atomic E-state index is 0.0502. The predicted molar refractivity (Wildman–Crippen MR) is 62.8 cm³/mol. The van der Waals surface area contributed by atoms with Crippen LogP contribution in [0, 0.1) is 11.8 Å². The van der Waals surface area contributed by atoms with Crippen LogP contribution in [0.25, 0.3) is 0 Å². The van der Waals surface area contributed by atoms with Crippen molar-refractivity contribution in [2.45, 2.75) is 46.7 Å². The van der Waals surface area contributed by atoms with Gasteiger partial charge in [-0.05, 0) is 18.8 Å². The Kier molecular flexibility index (Phi) is 3.94. The van der Waals surface area contributed by atoms with Crippen molar-refractivity contribution in [3.63, 3.8) is 0 Å². The van der Waals surface area contributed by atoms with E-state index in [0.29, 0.717) is 5.92 Å². The Morgan fingerprint density at radius 1 is 1.19 bits per heavy atom. The fourth-order valence-corrected chi connectivity index (χ4v) is 1.85. The van der Waals surface area contributed by atoms with Gasteiger partial charge in [0.15, 0.2) is 0 Å². The second-order valence-electron chi connectivity index (χ2n) is 5.24. The Bertz CT molecular complexity index is 287. The first-order chi connectivity index (χ1) is 7.34. The third-order valence-electron chi connectivity index (χ3n) is 3.30. The number of nitrogens with zero attached hydrogens (tertiary/aromatic N) is 1. The van der Waals surface area contributed by atoms with Gasteiger partial charge in [-0.3, -0.25) is 9.59 Å². The minimum atomic E-state index is -0.359. The van der Waals surface area contributed by atoms with Crippen molar-refractivity contribution in [3.05, 3.63) is 0 Å². The summed E-state index contributed by atoms with van der Waals surface area (Å²) in [5.74, 6) is 0.503. The zero-order valence-corrected chi connectivity index (χ0v) is 10.8. The summed E-state index contributed by atoms with van der Waals surface area (Å²) in [6.45, 7) is 10.2. The van der Waals surface area contributed by atoms with Gasteiger partial charge in [0.05, 0.1) is 6.54 Å². The van der Waals surface area contributed by atoms with E-state index < -0.39 is 0 Å². The molecule has 0 spiro atoms. The van der Waals surface area contributed by atoms with E-state index in [1.165, 1.54) is 0 Å². The van der Waals surface area contributed by atoms with Crippen LogP contribution in [-0.2, 0) is 9.59 Å². The van der Waals surface area contributed by atoms with Crippen LogP contribution >= 0.6 is 0 Å². The summed E-state index contributed by atoms with van der Waals surface area (Å²) < 4.78 is 0. The van der Waals surface area contributed by atoms with Gasteiger partial charge in [0.1, 0.15) is 6.04 Å². The van der Waals surface area contributed by atoms with Gasteiger partial charge in [-0.15, -0.1) is 0 Å². The second-order valence-corrected chi connectivity index (χ2v) is 5.24.